The predicted octanol–water partition coefficient (Wildman–Crippen LogP) is 3.29. The number of thiophene rings is 1. The number of esters is 1. The molecular weight excluding hydrogens is 288 g/mol. The van der Waals surface area contributed by atoms with E-state index < -0.39 is 5.92 Å². The van der Waals surface area contributed by atoms with Crippen molar-refractivity contribution in [3.05, 3.63) is 52.2 Å². The van der Waals surface area contributed by atoms with Crippen molar-refractivity contribution in [2.45, 2.75) is 12.3 Å². The van der Waals surface area contributed by atoms with Crippen molar-refractivity contribution >= 4 is 23.1 Å². The van der Waals surface area contributed by atoms with Crippen LogP contribution in [0.2, 0.25) is 0 Å². The van der Waals surface area contributed by atoms with E-state index in [9.17, 15) is 9.59 Å². The Morgan fingerprint density at radius 1 is 1.14 bits per heavy atom. The Morgan fingerprint density at radius 2 is 1.86 bits per heavy atom. The second kappa shape index (κ2) is 7.04. The molecule has 0 saturated heterocycles. The van der Waals surface area contributed by atoms with Crippen LogP contribution in [-0.2, 0) is 9.53 Å². The lowest BCUT2D eigenvalue weighted by molar-refractivity contribution is -0.142. The summed E-state index contributed by atoms with van der Waals surface area (Å²) in [5.74, 6) is -0.348. The highest BCUT2D eigenvalue weighted by Gasteiger charge is 2.26. The van der Waals surface area contributed by atoms with E-state index in [1.54, 1.807) is 31.4 Å². The number of rotatable bonds is 6. The minimum absolute atomic E-state index is 0.0959. The number of methoxy groups -OCH3 is 2. The molecule has 1 aromatic heterocycles. The number of carbonyl (C=O) groups is 2. The number of ketones is 1. The van der Waals surface area contributed by atoms with E-state index in [2.05, 4.69) is 0 Å². The number of hydrogen-bond acceptors (Lipinski definition) is 5. The number of benzene rings is 1. The van der Waals surface area contributed by atoms with E-state index in [-0.39, 0.29) is 18.2 Å². The molecule has 0 saturated carbocycles. The zero-order chi connectivity index (χ0) is 15.2. The number of Topliss-reactive ketones (excluding diaryl/α,β-unsaturated/α-hetero) is 1. The maximum Gasteiger partial charge on any atom is 0.314 e. The van der Waals surface area contributed by atoms with Gasteiger partial charge in [0.1, 0.15) is 5.75 Å². The molecule has 21 heavy (non-hydrogen) atoms. The minimum Gasteiger partial charge on any atom is -0.497 e. The van der Waals surface area contributed by atoms with Crippen LogP contribution in [0.5, 0.6) is 5.75 Å². The summed E-state index contributed by atoms with van der Waals surface area (Å²) in [5.41, 5.74) is 0.557. The molecule has 0 fully saturated rings. The average Bonchev–Trinajstić information content (AvgIpc) is 3.05. The fraction of sp³-hybridized carbons (Fsp3) is 0.250. The number of ether oxygens (including phenoxy) is 2. The molecule has 0 aliphatic carbocycles. The van der Waals surface area contributed by atoms with Crippen LogP contribution in [0.1, 0.15) is 27.6 Å². The molecule has 0 aliphatic heterocycles. The van der Waals surface area contributed by atoms with Gasteiger partial charge in [-0.3, -0.25) is 9.59 Å². The number of hydrogen-bond donors (Lipinski definition) is 0. The van der Waals surface area contributed by atoms with Crippen molar-refractivity contribution in [2.24, 2.45) is 0 Å². The van der Waals surface area contributed by atoms with Gasteiger partial charge in [-0.15, -0.1) is 11.3 Å². The van der Waals surface area contributed by atoms with Crippen molar-refractivity contribution in [3.63, 3.8) is 0 Å². The van der Waals surface area contributed by atoms with Crippen molar-refractivity contribution in [2.75, 3.05) is 14.2 Å². The van der Waals surface area contributed by atoms with Gasteiger partial charge in [-0.2, -0.15) is 0 Å². The lowest BCUT2D eigenvalue weighted by atomic mass is 9.97. The normalized spacial score (nSPS) is 11.7. The topological polar surface area (TPSA) is 52.6 Å². The van der Waals surface area contributed by atoms with E-state index in [1.807, 2.05) is 17.5 Å². The van der Waals surface area contributed by atoms with Crippen molar-refractivity contribution in [1.29, 1.82) is 0 Å². The van der Waals surface area contributed by atoms with Crippen LogP contribution in [-0.4, -0.2) is 26.0 Å². The van der Waals surface area contributed by atoms with Crippen LogP contribution in [0.3, 0.4) is 0 Å². The van der Waals surface area contributed by atoms with Gasteiger partial charge in [0, 0.05) is 16.9 Å². The Hall–Kier alpha value is -2.14. The molecule has 5 heteroatoms. The monoisotopic (exact) mass is 304 g/mol. The first kappa shape index (κ1) is 15.3. The summed E-state index contributed by atoms with van der Waals surface area (Å²) in [5, 5.41) is 1.88. The van der Waals surface area contributed by atoms with Crippen molar-refractivity contribution in [1.82, 2.24) is 0 Å². The van der Waals surface area contributed by atoms with Gasteiger partial charge in [0.15, 0.2) is 5.78 Å². The summed E-state index contributed by atoms with van der Waals surface area (Å²) in [7, 11) is 2.90. The standard InChI is InChI=1S/C16H16O4S/c1-19-12-7-5-11(6-8-12)14(17)10-13(16(18)20-2)15-4-3-9-21-15/h3-9,13H,10H2,1-2H3. The molecule has 0 aliphatic rings. The molecule has 0 amide bonds. The predicted molar refractivity (Wildman–Crippen MR) is 81.0 cm³/mol. The molecule has 0 spiro atoms. The van der Waals surface area contributed by atoms with E-state index >= 15 is 0 Å². The van der Waals surface area contributed by atoms with Crippen LogP contribution < -0.4 is 4.74 Å². The van der Waals surface area contributed by atoms with Gasteiger partial charge in [-0.05, 0) is 35.7 Å². The van der Waals surface area contributed by atoms with Gasteiger partial charge in [-0.1, -0.05) is 6.07 Å². The second-order valence-corrected chi connectivity index (χ2v) is 5.43. The summed E-state index contributed by atoms with van der Waals surface area (Å²) in [6.45, 7) is 0. The highest BCUT2D eigenvalue weighted by molar-refractivity contribution is 7.10. The van der Waals surface area contributed by atoms with Crippen LogP contribution in [0, 0.1) is 0 Å². The quantitative estimate of drug-likeness (QED) is 0.607. The summed E-state index contributed by atoms with van der Waals surface area (Å²) >= 11 is 1.44. The first-order valence-corrected chi connectivity index (χ1v) is 7.32. The SMILES string of the molecule is COC(=O)C(CC(=O)c1ccc(OC)cc1)c1cccs1. The highest BCUT2D eigenvalue weighted by atomic mass is 32.1. The summed E-state index contributed by atoms with van der Waals surface area (Å²) in [6, 6.07) is 10.5. The summed E-state index contributed by atoms with van der Waals surface area (Å²) in [6.07, 6.45) is 0.0967. The first-order chi connectivity index (χ1) is 10.2. The van der Waals surface area contributed by atoms with E-state index in [0.717, 1.165) is 4.88 Å². The molecular formula is C16H16O4S. The van der Waals surface area contributed by atoms with Gasteiger partial charge in [0.05, 0.1) is 20.1 Å². The highest BCUT2D eigenvalue weighted by Crippen LogP contribution is 2.27. The van der Waals surface area contributed by atoms with Gasteiger partial charge in [0.25, 0.3) is 0 Å². The fourth-order valence-electron chi connectivity index (χ4n) is 2.01. The summed E-state index contributed by atoms with van der Waals surface area (Å²) < 4.78 is 9.87. The van der Waals surface area contributed by atoms with E-state index in [1.165, 1.54) is 18.4 Å². The molecule has 0 bridgehead atoms. The molecule has 1 unspecified atom stereocenters. The molecule has 1 atom stereocenters. The molecule has 0 N–H and O–H groups in total. The van der Waals surface area contributed by atoms with Crippen molar-refractivity contribution in [3.8, 4) is 5.75 Å². The summed E-state index contributed by atoms with van der Waals surface area (Å²) in [4.78, 5) is 25.1. The van der Waals surface area contributed by atoms with Crippen LogP contribution in [0.4, 0.5) is 0 Å². The third-order valence-corrected chi connectivity index (χ3v) is 4.16. The van der Waals surface area contributed by atoms with E-state index in [0.29, 0.717) is 11.3 Å². The first-order valence-electron chi connectivity index (χ1n) is 6.44. The molecule has 110 valence electrons. The minimum atomic E-state index is -0.551. The lowest BCUT2D eigenvalue weighted by Gasteiger charge is -2.12. The Morgan fingerprint density at radius 3 is 2.38 bits per heavy atom. The van der Waals surface area contributed by atoms with Gasteiger partial charge >= 0.3 is 5.97 Å². The van der Waals surface area contributed by atoms with Gasteiger partial charge in [-0.25, -0.2) is 0 Å². The Kier molecular flexibility index (Phi) is 5.11. The van der Waals surface area contributed by atoms with Crippen LogP contribution in [0.15, 0.2) is 41.8 Å². The third kappa shape index (κ3) is 3.70. The molecule has 1 aromatic carbocycles. The third-order valence-electron chi connectivity index (χ3n) is 3.17. The second-order valence-electron chi connectivity index (χ2n) is 4.45. The zero-order valence-corrected chi connectivity index (χ0v) is 12.7. The van der Waals surface area contributed by atoms with Crippen LogP contribution in [0.25, 0.3) is 0 Å². The Balaban J connectivity index is 2.16. The Bertz CT molecular complexity index is 602. The largest absolute Gasteiger partial charge is 0.497 e. The van der Waals surface area contributed by atoms with Gasteiger partial charge < -0.3 is 9.47 Å². The smallest absolute Gasteiger partial charge is 0.314 e. The molecule has 0 radical (unpaired) electrons. The lowest BCUT2D eigenvalue weighted by Crippen LogP contribution is -2.17. The maximum atomic E-state index is 12.3. The molecule has 2 rings (SSSR count). The van der Waals surface area contributed by atoms with Crippen molar-refractivity contribution < 1.29 is 19.1 Å². The molecule has 1 heterocycles. The fourth-order valence-corrected chi connectivity index (χ4v) is 2.83. The Labute approximate surface area is 127 Å². The molecule has 4 nitrogen and oxygen atoms in total. The number of carbonyl (C=O) groups excluding carboxylic acids is 2. The average molecular weight is 304 g/mol. The maximum absolute atomic E-state index is 12.3. The van der Waals surface area contributed by atoms with E-state index in [4.69, 9.17) is 9.47 Å². The zero-order valence-electron chi connectivity index (χ0n) is 11.9. The van der Waals surface area contributed by atoms with Gasteiger partial charge in [0.2, 0.25) is 0 Å². The van der Waals surface area contributed by atoms with Crippen LogP contribution >= 0.6 is 11.3 Å². The molecule has 2 aromatic rings.